The highest BCUT2D eigenvalue weighted by Crippen LogP contribution is 2.33. The van der Waals surface area contributed by atoms with Gasteiger partial charge in [0.25, 0.3) is 0 Å². The number of halogens is 1. The van der Waals surface area contributed by atoms with Gasteiger partial charge in [-0.3, -0.25) is 4.98 Å². The van der Waals surface area contributed by atoms with Crippen LogP contribution in [0, 0.1) is 5.82 Å². The zero-order chi connectivity index (χ0) is 20.1. The molecule has 4 rings (SSSR count). The van der Waals surface area contributed by atoms with Gasteiger partial charge in [-0.25, -0.2) is 9.37 Å². The first-order valence-electron chi connectivity index (χ1n) is 9.13. The Morgan fingerprint density at radius 3 is 2.59 bits per heavy atom. The van der Waals surface area contributed by atoms with Gasteiger partial charge < -0.3 is 9.47 Å². The van der Waals surface area contributed by atoms with Crippen LogP contribution in [0.3, 0.4) is 0 Å². The first-order valence-corrected chi connectivity index (χ1v) is 10.1. The Balaban J connectivity index is 1.56. The van der Waals surface area contributed by atoms with Crippen molar-refractivity contribution in [2.75, 3.05) is 19.5 Å². The van der Waals surface area contributed by atoms with E-state index in [-0.39, 0.29) is 5.82 Å². The molecule has 0 aliphatic rings. The lowest BCUT2D eigenvalue weighted by atomic mass is 10.0. The lowest BCUT2D eigenvalue weighted by Gasteiger charge is -2.11. The lowest BCUT2D eigenvalue weighted by Crippen LogP contribution is -2.00. The Kier molecular flexibility index (Phi) is 5.91. The average Bonchev–Trinajstić information content (AvgIpc) is 2.77. The molecule has 0 saturated carbocycles. The van der Waals surface area contributed by atoms with E-state index < -0.39 is 0 Å². The Labute approximate surface area is 172 Å². The molecule has 0 amide bonds. The minimum absolute atomic E-state index is 0.273. The van der Waals surface area contributed by atoms with E-state index in [0.29, 0.717) is 18.1 Å². The molecule has 0 aliphatic carbocycles. The van der Waals surface area contributed by atoms with Crippen LogP contribution in [0.1, 0.15) is 0 Å². The zero-order valence-corrected chi connectivity index (χ0v) is 16.7. The lowest BCUT2D eigenvalue weighted by molar-refractivity contribution is 0.343. The number of pyridine rings is 2. The Morgan fingerprint density at radius 2 is 1.83 bits per heavy atom. The number of aromatic nitrogens is 2. The molecule has 0 radical (unpaired) electrons. The van der Waals surface area contributed by atoms with Crippen LogP contribution < -0.4 is 9.47 Å². The van der Waals surface area contributed by atoms with Crippen LogP contribution in [-0.4, -0.2) is 29.4 Å². The van der Waals surface area contributed by atoms with Crippen LogP contribution in [0.2, 0.25) is 0 Å². The van der Waals surface area contributed by atoms with Gasteiger partial charge in [-0.05, 0) is 54.1 Å². The molecule has 2 heterocycles. The number of thioether (sulfide) groups is 1. The summed E-state index contributed by atoms with van der Waals surface area (Å²) in [5.74, 6) is 1.86. The molecular weight excluding hydrogens is 387 g/mol. The second kappa shape index (κ2) is 8.92. The van der Waals surface area contributed by atoms with E-state index >= 15 is 0 Å². The first-order chi connectivity index (χ1) is 14.2. The Bertz CT molecular complexity index is 1110. The maximum Gasteiger partial charge on any atom is 0.123 e. The van der Waals surface area contributed by atoms with E-state index in [2.05, 4.69) is 11.1 Å². The third-order valence-electron chi connectivity index (χ3n) is 4.38. The predicted molar refractivity (Wildman–Crippen MR) is 114 cm³/mol. The van der Waals surface area contributed by atoms with Crippen molar-refractivity contribution in [3.63, 3.8) is 0 Å². The van der Waals surface area contributed by atoms with Crippen molar-refractivity contribution < 1.29 is 13.9 Å². The normalized spacial score (nSPS) is 10.8. The molecule has 0 saturated heterocycles. The summed E-state index contributed by atoms with van der Waals surface area (Å²) in [5.41, 5.74) is 2.98. The predicted octanol–water partition coefficient (Wildman–Crippen LogP) is 5.62. The van der Waals surface area contributed by atoms with E-state index in [1.807, 2.05) is 36.5 Å². The molecule has 0 spiro atoms. The van der Waals surface area contributed by atoms with Gasteiger partial charge in [0.15, 0.2) is 0 Å². The maximum absolute atomic E-state index is 13.0. The van der Waals surface area contributed by atoms with E-state index in [0.717, 1.165) is 32.8 Å². The number of hydrogen-bond donors (Lipinski definition) is 0. The molecule has 146 valence electrons. The van der Waals surface area contributed by atoms with Gasteiger partial charge in [-0.1, -0.05) is 6.07 Å². The summed E-state index contributed by atoms with van der Waals surface area (Å²) in [6.45, 7) is 0.496. The minimum atomic E-state index is -0.273. The fourth-order valence-electron chi connectivity index (χ4n) is 2.98. The highest BCUT2D eigenvalue weighted by molar-refractivity contribution is 7.99. The van der Waals surface area contributed by atoms with Crippen molar-refractivity contribution in [3.05, 3.63) is 78.9 Å². The van der Waals surface area contributed by atoms with Gasteiger partial charge in [0.2, 0.25) is 0 Å². The van der Waals surface area contributed by atoms with Gasteiger partial charge >= 0.3 is 0 Å². The van der Waals surface area contributed by atoms with Gasteiger partial charge in [0, 0.05) is 35.2 Å². The van der Waals surface area contributed by atoms with Gasteiger partial charge in [0.05, 0.1) is 24.3 Å². The fourth-order valence-corrected chi connectivity index (χ4v) is 3.72. The van der Waals surface area contributed by atoms with Crippen LogP contribution >= 0.6 is 11.8 Å². The summed E-state index contributed by atoms with van der Waals surface area (Å²) in [5, 5.41) is 1.94. The average molecular weight is 406 g/mol. The zero-order valence-electron chi connectivity index (χ0n) is 15.8. The van der Waals surface area contributed by atoms with E-state index in [1.165, 1.54) is 12.1 Å². The van der Waals surface area contributed by atoms with Crippen molar-refractivity contribution in [1.82, 2.24) is 9.97 Å². The number of methoxy groups -OCH3 is 1. The van der Waals surface area contributed by atoms with Crippen molar-refractivity contribution >= 4 is 22.7 Å². The van der Waals surface area contributed by atoms with Crippen LogP contribution in [0.15, 0.2) is 78.1 Å². The molecule has 29 heavy (non-hydrogen) atoms. The maximum atomic E-state index is 13.0. The molecule has 6 heteroatoms. The number of ether oxygens (including phenoxy) is 2. The van der Waals surface area contributed by atoms with Crippen molar-refractivity contribution in [2.45, 2.75) is 5.03 Å². The smallest absolute Gasteiger partial charge is 0.123 e. The molecule has 0 fully saturated rings. The minimum Gasteiger partial charge on any atom is -0.497 e. The molecule has 2 aromatic heterocycles. The van der Waals surface area contributed by atoms with E-state index in [4.69, 9.17) is 14.5 Å². The Morgan fingerprint density at radius 1 is 1.00 bits per heavy atom. The summed E-state index contributed by atoms with van der Waals surface area (Å²) in [4.78, 5) is 9.03. The number of hydrogen-bond acceptors (Lipinski definition) is 5. The fraction of sp³-hybridized carbons (Fsp3) is 0.130. The molecule has 0 unspecified atom stereocenters. The largest absolute Gasteiger partial charge is 0.497 e. The Hall–Kier alpha value is -3.12. The third kappa shape index (κ3) is 4.66. The van der Waals surface area contributed by atoms with Gasteiger partial charge in [-0.2, -0.15) is 0 Å². The van der Waals surface area contributed by atoms with Crippen molar-refractivity contribution in [1.29, 1.82) is 0 Å². The highest BCUT2D eigenvalue weighted by atomic mass is 32.2. The summed E-state index contributed by atoms with van der Waals surface area (Å²) in [6, 6.07) is 18.0. The quantitative estimate of drug-likeness (QED) is 0.295. The van der Waals surface area contributed by atoms with Crippen LogP contribution in [0.4, 0.5) is 4.39 Å². The third-order valence-corrected chi connectivity index (χ3v) is 5.26. The van der Waals surface area contributed by atoms with E-state index in [9.17, 15) is 4.39 Å². The standard InChI is InChI=1S/C23H19FN2O2S/c1-27-19-8-9-20-21(16-3-2-10-25-15-16)14-23(26-22(20)13-19)29-12-11-28-18-6-4-17(24)5-7-18/h2-10,13-15H,11-12H2,1H3. The first kappa shape index (κ1) is 19.2. The number of rotatable bonds is 7. The van der Waals surface area contributed by atoms with Crippen molar-refractivity contribution in [2.24, 2.45) is 0 Å². The van der Waals surface area contributed by atoms with Crippen LogP contribution in [0.5, 0.6) is 11.5 Å². The number of benzene rings is 2. The van der Waals surface area contributed by atoms with E-state index in [1.54, 1.807) is 37.2 Å². The second-order valence-corrected chi connectivity index (χ2v) is 7.40. The SMILES string of the molecule is COc1ccc2c(-c3cccnc3)cc(SCCOc3ccc(F)cc3)nc2c1. The van der Waals surface area contributed by atoms with Crippen LogP contribution in [0.25, 0.3) is 22.0 Å². The molecule has 0 atom stereocenters. The second-order valence-electron chi connectivity index (χ2n) is 6.28. The van der Waals surface area contributed by atoms with Crippen LogP contribution in [-0.2, 0) is 0 Å². The molecule has 2 aromatic carbocycles. The molecule has 0 bridgehead atoms. The van der Waals surface area contributed by atoms with Crippen molar-refractivity contribution in [3.8, 4) is 22.6 Å². The number of nitrogens with zero attached hydrogens (tertiary/aromatic N) is 2. The molecule has 4 aromatic rings. The summed E-state index contributed by atoms with van der Waals surface area (Å²) < 4.78 is 24.0. The monoisotopic (exact) mass is 406 g/mol. The summed E-state index contributed by atoms with van der Waals surface area (Å²) in [6.07, 6.45) is 3.61. The number of fused-ring (bicyclic) bond motifs is 1. The highest BCUT2D eigenvalue weighted by Gasteiger charge is 2.10. The summed E-state index contributed by atoms with van der Waals surface area (Å²) >= 11 is 1.61. The van der Waals surface area contributed by atoms with Gasteiger partial charge in [0.1, 0.15) is 17.3 Å². The topological polar surface area (TPSA) is 44.2 Å². The molecular formula is C23H19FN2O2S. The molecule has 0 aliphatic heterocycles. The summed E-state index contributed by atoms with van der Waals surface area (Å²) in [7, 11) is 1.65. The molecule has 4 nitrogen and oxygen atoms in total. The van der Waals surface area contributed by atoms with Gasteiger partial charge in [-0.15, -0.1) is 11.8 Å². The molecule has 0 N–H and O–H groups in total.